The van der Waals surface area contributed by atoms with E-state index >= 15 is 0 Å². The molecule has 15 heavy (non-hydrogen) atoms. The lowest BCUT2D eigenvalue weighted by atomic mass is 10.1. The second-order valence-electron chi connectivity index (χ2n) is 3.62. The molecule has 0 unspecified atom stereocenters. The second-order valence-corrected chi connectivity index (χ2v) is 6.18. The maximum atomic E-state index is 11.1. The van der Waals surface area contributed by atoms with E-state index in [0.717, 1.165) is 18.4 Å². The fourth-order valence-corrected chi connectivity index (χ4v) is 2.34. The van der Waals surface area contributed by atoms with Crippen molar-refractivity contribution in [1.82, 2.24) is 0 Å². The Balaban J connectivity index is 2.47. The minimum Gasteiger partial charge on any atom is -0.496 e. The van der Waals surface area contributed by atoms with E-state index in [1.54, 1.807) is 6.07 Å². The molecule has 1 saturated carbocycles. The molecule has 0 N–H and O–H groups in total. The molecule has 0 amide bonds. The highest BCUT2D eigenvalue weighted by molar-refractivity contribution is 8.13. The monoisotopic (exact) mass is 246 g/mol. The predicted octanol–water partition coefficient (Wildman–Crippen LogP) is 2.50. The molecular weight excluding hydrogens is 236 g/mol. The van der Waals surface area contributed by atoms with Gasteiger partial charge in [-0.3, -0.25) is 0 Å². The normalized spacial score (nSPS) is 16.4. The highest BCUT2D eigenvalue weighted by Crippen LogP contribution is 2.44. The molecule has 0 bridgehead atoms. The summed E-state index contributed by atoms with van der Waals surface area (Å²) in [6.07, 6.45) is 2.28. The first-order chi connectivity index (χ1) is 7.02. The van der Waals surface area contributed by atoms with Gasteiger partial charge in [-0.05, 0) is 30.4 Å². The lowest BCUT2D eigenvalue weighted by molar-refractivity contribution is 0.408. The molecule has 0 aliphatic heterocycles. The molecule has 1 aromatic rings. The summed E-state index contributed by atoms with van der Waals surface area (Å²) in [5, 5.41) is 0. The van der Waals surface area contributed by atoms with E-state index in [4.69, 9.17) is 15.4 Å². The Labute approximate surface area is 93.4 Å². The average molecular weight is 247 g/mol. The minimum absolute atomic E-state index is 0.0883. The van der Waals surface area contributed by atoms with Crippen molar-refractivity contribution in [2.75, 3.05) is 7.11 Å². The molecule has 0 spiro atoms. The van der Waals surface area contributed by atoms with Crippen LogP contribution in [0.25, 0.3) is 0 Å². The molecule has 0 radical (unpaired) electrons. The van der Waals surface area contributed by atoms with E-state index in [1.165, 1.54) is 19.2 Å². The highest BCUT2D eigenvalue weighted by atomic mass is 35.7. The van der Waals surface area contributed by atoms with E-state index in [9.17, 15) is 8.42 Å². The summed E-state index contributed by atoms with van der Waals surface area (Å²) in [6.45, 7) is 0. The average Bonchev–Trinajstić information content (AvgIpc) is 2.98. The number of hydrogen-bond acceptors (Lipinski definition) is 3. The van der Waals surface area contributed by atoms with E-state index in [2.05, 4.69) is 0 Å². The Morgan fingerprint density at radius 2 is 2.07 bits per heavy atom. The summed E-state index contributed by atoms with van der Waals surface area (Å²) < 4.78 is 27.4. The first-order valence-electron chi connectivity index (χ1n) is 4.65. The van der Waals surface area contributed by atoms with Crippen molar-refractivity contribution < 1.29 is 13.2 Å². The summed E-state index contributed by atoms with van der Waals surface area (Å²) in [5.74, 6) is 1.13. The molecule has 0 aromatic heterocycles. The third-order valence-electron chi connectivity index (χ3n) is 2.50. The van der Waals surface area contributed by atoms with Crippen molar-refractivity contribution in [3.8, 4) is 5.75 Å². The van der Waals surface area contributed by atoms with Crippen LogP contribution in [0.1, 0.15) is 24.3 Å². The van der Waals surface area contributed by atoms with Crippen molar-refractivity contribution in [3.05, 3.63) is 23.8 Å². The number of rotatable bonds is 3. The van der Waals surface area contributed by atoms with Crippen LogP contribution in [0.15, 0.2) is 23.1 Å². The minimum atomic E-state index is -3.67. The van der Waals surface area contributed by atoms with Gasteiger partial charge in [0.2, 0.25) is 0 Å². The topological polar surface area (TPSA) is 43.4 Å². The SMILES string of the molecule is COc1cc(S(=O)(=O)Cl)ccc1C1CC1. The van der Waals surface area contributed by atoms with Gasteiger partial charge in [0.1, 0.15) is 5.75 Å². The Morgan fingerprint density at radius 3 is 2.53 bits per heavy atom. The number of hydrogen-bond donors (Lipinski definition) is 0. The Morgan fingerprint density at radius 1 is 1.40 bits per heavy atom. The lowest BCUT2D eigenvalue weighted by Gasteiger charge is -2.08. The molecule has 1 aromatic carbocycles. The Hall–Kier alpha value is -0.740. The van der Waals surface area contributed by atoms with Gasteiger partial charge in [0.05, 0.1) is 12.0 Å². The summed E-state index contributed by atoms with van der Waals surface area (Å²) in [6, 6.07) is 4.79. The number of methoxy groups -OCH3 is 1. The zero-order chi connectivity index (χ0) is 11.1. The van der Waals surface area contributed by atoms with Crippen molar-refractivity contribution in [1.29, 1.82) is 0 Å². The van der Waals surface area contributed by atoms with Gasteiger partial charge in [-0.1, -0.05) is 6.07 Å². The molecule has 82 valence electrons. The van der Waals surface area contributed by atoms with Gasteiger partial charge in [-0.15, -0.1) is 0 Å². The number of benzene rings is 1. The van der Waals surface area contributed by atoms with E-state index < -0.39 is 9.05 Å². The van der Waals surface area contributed by atoms with Gasteiger partial charge in [0.15, 0.2) is 0 Å². The molecule has 0 atom stereocenters. The largest absolute Gasteiger partial charge is 0.496 e. The second kappa shape index (κ2) is 3.68. The van der Waals surface area contributed by atoms with E-state index in [1.807, 2.05) is 0 Å². The maximum Gasteiger partial charge on any atom is 0.261 e. The third kappa shape index (κ3) is 2.26. The molecular formula is C10H11ClO3S. The number of ether oxygens (including phenoxy) is 1. The van der Waals surface area contributed by atoms with Gasteiger partial charge in [0.25, 0.3) is 9.05 Å². The quantitative estimate of drug-likeness (QED) is 0.770. The fraction of sp³-hybridized carbons (Fsp3) is 0.400. The van der Waals surface area contributed by atoms with Gasteiger partial charge in [-0.2, -0.15) is 0 Å². The molecule has 3 nitrogen and oxygen atoms in total. The molecule has 1 aliphatic carbocycles. The maximum absolute atomic E-state index is 11.1. The van der Waals surface area contributed by atoms with Crippen LogP contribution < -0.4 is 4.74 Å². The van der Waals surface area contributed by atoms with Crippen molar-refractivity contribution in [2.24, 2.45) is 0 Å². The van der Waals surface area contributed by atoms with Crippen molar-refractivity contribution in [3.63, 3.8) is 0 Å². The summed E-state index contributed by atoms with van der Waals surface area (Å²) in [4.78, 5) is 0.0883. The lowest BCUT2D eigenvalue weighted by Crippen LogP contribution is -1.95. The zero-order valence-electron chi connectivity index (χ0n) is 8.23. The molecule has 1 aliphatic rings. The Bertz CT molecular complexity index is 477. The zero-order valence-corrected chi connectivity index (χ0v) is 9.81. The Kier molecular flexibility index (Phi) is 2.64. The van der Waals surface area contributed by atoms with Crippen LogP contribution in [0, 0.1) is 0 Å². The van der Waals surface area contributed by atoms with Crippen molar-refractivity contribution in [2.45, 2.75) is 23.7 Å². The van der Waals surface area contributed by atoms with Crippen LogP contribution in [0.4, 0.5) is 0 Å². The van der Waals surface area contributed by atoms with Crippen LogP contribution in [0.5, 0.6) is 5.75 Å². The first kappa shape index (κ1) is 10.8. The van der Waals surface area contributed by atoms with Gasteiger partial charge >= 0.3 is 0 Å². The summed E-state index contributed by atoms with van der Waals surface area (Å²) in [7, 11) is 3.12. The smallest absolute Gasteiger partial charge is 0.261 e. The fourth-order valence-electron chi connectivity index (χ4n) is 1.57. The van der Waals surface area contributed by atoms with Crippen LogP contribution in [-0.4, -0.2) is 15.5 Å². The number of halogens is 1. The highest BCUT2D eigenvalue weighted by Gasteiger charge is 2.27. The van der Waals surface area contributed by atoms with Gasteiger partial charge in [-0.25, -0.2) is 8.42 Å². The van der Waals surface area contributed by atoms with Crippen LogP contribution in [-0.2, 0) is 9.05 Å². The van der Waals surface area contributed by atoms with Crippen LogP contribution in [0.2, 0.25) is 0 Å². The summed E-state index contributed by atoms with van der Waals surface area (Å²) in [5.41, 5.74) is 1.07. The van der Waals surface area contributed by atoms with E-state index in [-0.39, 0.29) is 4.90 Å². The van der Waals surface area contributed by atoms with Crippen LogP contribution >= 0.6 is 10.7 Å². The third-order valence-corrected chi connectivity index (χ3v) is 3.86. The van der Waals surface area contributed by atoms with E-state index in [0.29, 0.717) is 11.7 Å². The molecule has 5 heteroatoms. The van der Waals surface area contributed by atoms with Gasteiger partial charge in [0, 0.05) is 16.7 Å². The molecule has 2 rings (SSSR count). The molecule has 1 fully saturated rings. The molecule has 0 heterocycles. The molecule has 0 saturated heterocycles. The first-order valence-corrected chi connectivity index (χ1v) is 6.96. The van der Waals surface area contributed by atoms with Crippen LogP contribution in [0.3, 0.4) is 0 Å². The van der Waals surface area contributed by atoms with Crippen molar-refractivity contribution >= 4 is 19.7 Å². The standard InChI is InChI=1S/C10H11ClO3S/c1-14-10-6-8(15(11,12)13)4-5-9(10)7-2-3-7/h4-7H,2-3H2,1H3. The summed E-state index contributed by atoms with van der Waals surface area (Å²) >= 11 is 0. The van der Waals surface area contributed by atoms with Gasteiger partial charge < -0.3 is 4.74 Å². The predicted molar refractivity (Wildman–Crippen MR) is 58.0 cm³/mol.